The van der Waals surface area contributed by atoms with Gasteiger partial charge in [0.15, 0.2) is 0 Å². The van der Waals surface area contributed by atoms with E-state index in [1.165, 1.54) is 13.2 Å². The quantitative estimate of drug-likeness (QED) is 0.486. The molecule has 2 aromatic heterocycles. The van der Waals surface area contributed by atoms with Crippen LogP contribution in [0.15, 0.2) is 41.3 Å². The van der Waals surface area contributed by atoms with Crippen molar-refractivity contribution in [2.24, 2.45) is 0 Å². The number of esters is 1. The minimum Gasteiger partial charge on any atom is -0.469 e. The van der Waals surface area contributed by atoms with E-state index >= 15 is 0 Å². The second-order valence-corrected chi connectivity index (χ2v) is 5.48. The molecule has 0 radical (unpaired) electrons. The number of aromatic amines is 2. The van der Waals surface area contributed by atoms with E-state index in [9.17, 15) is 14.4 Å². The lowest BCUT2D eigenvalue weighted by atomic mass is 10.1. The Balaban J connectivity index is 1.78. The van der Waals surface area contributed by atoms with Crippen molar-refractivity contribution in [3.63, 3.8) is 0 Å². The normalized spacial score (nSPS) is 11.2. The van der Waals surface area contributed by atoms with E-state index < -0.39 is 0 Å². The van der Waals surface area contributed by atoms with Gasteiger partial charge in [-0.2, -0.15) is 0 Å². The van der Waals surface area contributed by atoms with Crippen LogP contribution in [0.1, 0.15) is 12.0 Å². The molecule has 0 saturated carbocycles. The third-order valence-corrected chi connectivity index (χ3v) is 3.84. The molecule has 0 atom stereocenters. The number of carbonyl (C=O) groups excluding carboxylic acids is 2. The predicted molar refractivity (Wildman–Crippen MR) is 95.1 cm³/mol. The van der Waals surface area contributed by atoms with Crippen LogP contribution in [0, 0.1) is 0 Å². The zero-order valence-corrected chi connectivity index (χ0v) is 13.6. The van der Waals surface area contributed by atoms with Crippen LogP contribution < -0.4 is 10.9 Å². The fraction of sp³-hybridized carbons (Fsp3) is 0.167. The second-order valence-electron chi connectivity index (χ2n) is 5.48. The summed E-state index contributed by atoms with van der Waals surface area (Å²) in [7, 11) is 1.30. The van der Waals surface area contributed by atoms with Gasteiger partial charge in [0.25, 0.3) is 5.56 Å². The van der Waals surface area contributed by atoms with Crippen molar-refractivity contribution < 1.29 is 14.3 Å². The van der Waals surface area contributed by atoms with Crippen LogP contribution in [0.25, 0.3) is 27.9 Å². The largest absolute Gasteiger partial charge is 0.469 e. The minimum atomic E-state index is -0.372. The maximum Gasteiger partial charge on any atom is 0.307 e. The van der Waals surface area contributed by atoms with Crippen LogP contribution in [-0.4, -0.2) is 35.5 Å². The van der Waals surface area contributed by atoms with Crippen LogP contribution in [0.2, 0.25) is 0 Å². The van der Waals surface area contributed by atoms with Crippen LogP contribution in [0.5, 0.6) is 0 Å². The van der Waals surface area contributed by atoms with Gasteiger partial charge in [-0.3, -0.25) is 14.4 Å². The van der Waals surface area contributed by atoms with E-state index in [0.717, 1.165) is 21.9 Å². The Labute approximate surface area is 142 Å². The summed E-state index contributed by atoms with van der Waals surface area (Å²) in [6, 6.07) is 7.37. The average Bonchev–Trinajstić information content (AvgIpc) is 3.11. The summed E-state index contributed by atoms with van der Waals surface area (Å²) in [5.41, 5.74) is 1.91. The summed E-state index contributed by atoms with van der Waals surface area (Å²) >= 11 is 0. The molecule has 1 amide bonds. The topological polar surface area (TPSA) is 104 Å². The molecule has 0 bridgehead atoms. The van der Waals surface area contributed by atoms with Crippen LogP contribution in [0.3, 0.4) is 0 Å². The Kier molecular flexibility index (Phi) is 4.65. The first-order valence-corrected chi connectivity index (χ1v) is 7.74. The molecule has 0 saturated heterocycles. The molecule has 25 heavy (non-hydrogen) atoms. The molecule has 3 aromatic rings. The Bertz CT molecular complexity index is 1030. The maximum atomic E-state index is 11.9. The lowest BCUT2D eigenvalue weighted by Gasteiger charge is -2.02. The highest BCUT2D eigenvalue weighted by molar-refractivity contribution is 6.05. The van der Waals surface area contributed by atoms with Gasteiger partial charge in [-0.25, -0.2) is 0 Å². The summed E-state index contributed by atoms with van der Waals surface area (Å²) < 4.78 is 4.50. The van der Waals surface area contributed by atoms with Gasteiger partial charge in [-0.1, -0.05) is 6.07 Å². The van der Waals surface area contributed by atoms with Crippen molar-refractivity contribution >= 4 is 39.8 Å². The number of aromatic nitrogens is 2. The molecule has 0 aliphatic carbocycles. The smallest absolute Gasteiger partial charge is 0.307 e. The van der Waals surface area contributed by atoms with Gasteiger partial charge in [0.1, 0.15) is 5.52 Å². The Morgan fingerprint density at radius 1 is 1.24 bits per heavy atom. The summed E-state index contributed by atoms with van der Waals surface area (Å²) in [6.45, 7) is 0.221. The molecule has 0 unspecified atom stereocenters. The zero-order chi connectivity index (χ0) is 17.8. The standard InChI is InChI=1S/C18H17N3O4/c1-25-16(23)7-9-19-15(22)5-3-11-2-4-14-13(10-11)12-6-8-20-17(12)18(24)21-14/h2-6,8,10,20H,7,9H2,1H3,(H,19,22)(H,21,24). The van der Waals surface area contributed by atoms with Crippen molar-refractivity contribution in [1.29, 1.82) is 0 Å². The highest BCUT2D eigenvalue weighted by Gasteiger charge is 2.06. The zero-order valence-electron chi connectivity index (χ0n) is 13.6. The van der Waals surface area contributed by atoms with E-state index in [1.807, 2.05) is 18.2 Å². The number of methoxy groups -OCH3 is 1. The van der Waals surface area contributed by atoms with Crippen molar-refractivity contribution in [2.75, 3.05) is 13.7 Å². The summed E-state index contributed by atoms with van der Waals surface area (Å²) in [5.74, 6) is -0.666. The average molecular weight is 339 g/mol. The highest BCUT2D eigenvalue weighted by Crippen LogP contribution is 2.22. The number of pyridine rings is 1. The third kappa shape index (κ3) is 3.60. The molecule has 7 nitrogen and oxygen atoms in total. The summed E-state index contributed by atoms with van der Waals surface area (Å²) in [5, 5.41) is 4.33. The van der Waals surface area contributed by atoms with E-state index in [2.05, 4.69) is 20.0 Å². The van der Waals surface area contributed by atoms with E-state index in [0.29, 0.717) is 5.52 Å². The van der Waals surface area contributed by atoms with Crippen molar-refractivity contribution in [2.45, 2.75) is 6.42 Å². The van der Waals surface area contributed by atoms with E-state index in [1.54, 1.807) is 18.3 Å². The molecular formula is C18H17N3O4. The number of ether oxygens (including phenoxy) is 1. The van der Waals surface area contributed by atoms with Crippen molar-refractivity contribution in [3.8, 4) is 0 Å². The van der Waals surface area contributed by atoms with Gasteiger partial charge < -0.3 is 20.0 Å². The molecule has 7 heteroatoms. The number of carbonyl (C=O) groups is 2. The number of fused-ring (bicyclic) bond motifs is 3. The lowest BCUT2D eigenvalue weighted by Crippen LogP contribution is -2.24. The van der Waals surface area contributed by atoms with Gasteiger partial charge in [-0.15, -0.1) is 0 Å². The first-order valence-electron chi connectivity index (χ1n) is 7.74. The molecule has 0 aliphatic rings. The van der Waals surface area contributed by atoms with Gasteiger partial charge in [-0.05, 0) is 29.8 Å². The van der Waals surface area contributed by atoms with Gasteiger partial charge in [0.05, 0.1) is 13.5 Å². The van der Waals surface area contributed by atoms with Gasteiger partial charge in [0.2, 0.25) is 5.91 Å². The Hall–Kier alpha value is -3.35. The molecule has 3 N–H and O–H groups in total. The van der Waals surface area contributed by atoms with Crippen molar-refractivity contribution in [1.82, 2.24) is 15.3 Å². The van der Waals surface area contributed by atoms with Gasteiger partial charge >= 0.3 is 5.97 Å². The molecule has 3 rings (SSSR count). The molecule has 0 spiro atoms. The van der Waals surface area contributed by atoms with Crippen LogP contribution in [0.4, 0.5) is 0 Å². The van der Waals surface area contributed by atoms with E-state index in [4.69, 9.17) is 0 Å². The predicted octanol–water partition coefficient (Wildman–Crippen LogP) is 1.70. The number of hydrogen-bond acceptors (Lipinski definition) is 4. The summed E-state index contributed by atoms with van der Waals surface area (Å²) in [6.07, 6.45) is 4.93. The molecule has 0 fully saturated rings. The fourth-order valence-corrected chi connectivity index (χ4v) is 2.58. The van der Waals surface area contributed by atoms with Crippen LogP contribution >= 0.6 is 0 Å². The van der Waals surface area contributed by atoms with Gasteiger partial charge in [0, 0.05) is 35.1 Å². The maximum absolute atomic E-state index is 11.9. The van der Waals surface area contributed by atoms with E-state index in [-0.39, 0.29) is 30.4 Å². The number of nitrogens with one attached hydrogen (secondary N) is 3. The first kappa shape index (κ1) is 16.5. The fourth-order valence-electron chi connectivity index (χ4n) is 2.58. The molecule has 128 valence electrons. The monoisotopic (exact) mass is 339 g/mol. The Morgan fingerprint density at radius 3 is 2.88 bits per heavy atom. The third-order valence-electron chi connectivity index (χ3n) is 3.84. The SMILES string of the molecule is COC(=O)CCNC(=O)C=Cc1ccc2[nH]c(=O)c3[nH]ccc3c2c1. The first-order chi connectivity index (χ1) is 12.1. The number of amides is 1. The van der Waals surface area contributed by atoms with Crippen LogP contribution in [-0.2, 0) is 14.3 Å². The molecule has 1 aromatic carbocycles. The number of hydrogen-bond donors (Lipinski definition) is 3. The number of H-pyrrole nitrogens is 2. The molecule has 0 aliphatic heterocycles. The second kappa shape index (κ2) is 7.04. The minimum absolute atomic E-state index is 0.130. The number of rotatable bonds is 5. The Morgan fingerprint density at radius 2 is 2.08 bits per heavy atom. The lowest BCUT2D eigenvalue weighted by molar-refractivity contribution is -0.140. The molecule has 2 heterocycles. The number of benzene rings is 1. The highest BCUT2D eigenvalue weighted by atomic mass is 16.5. The summed E-state index contributed by atoms with van der Waals surface area (Å²) in [4.78, 5) is 40.4. The molecular weight excluding hydrogens is 322 g/mol. The van der Waals surface area contributed by atoms with Crippen molar-refractivity contribution in [3.05, 3.63) is 52.5 Å².